The number of nitrogens with one attached hydrogen (secondary N) is 1. The van der Waals surface area contributed by atoms with E-state index in [4.69, 9.17) is 10.2 Å². The van der Waals surface area contributed by atoms with Crippen molar-refractivity contribution in [2.45, 2.75) is 31.7 Å². The van der Waals surface area contributed by atoms with E-state index in [1.54, 1.807) is 0 Å². The first kappa shape index (κ1) is 11.7. The van der Waals surface area contributed by atoms with E-state index >= 15 is 0 Å². The summed E-state index contributed by atoms with van der Waals surface area (Å²) in [6.45, 7) is 1.85. The van der Waals surface area contributed by atoms with Crippen molar-refractivity contribution in [3.63, 3.8) is 0 Å². The second-order valence-electron chi connectivity index (χ2n) is 5.53. The third-order valence-corrected chi connectivity index (χ3v) is 3.96. The monoisotopic (exact) mass is 268 g/mol. The van der Waals surface area contributed by atoms with Crippen molar-refractivity contribution in [1.29, 1.82) is 0 Å². The van der Waals surface area contributed by atoms with Crippen LogP contribution < -0.4 is 5.73 Å². The topological polar surface area (TPSA) is 80.7 Å². The number of nitrogens with zero attached hydrogens (tertiary/aromatic N) is 2. The van der Waals surface area contributed by atoms with Gasteiger partial charge in [0.2, 0.25) is 0 Å². The molecule has 4 rings (SSSR count). The lowest BCUT2D eigenvalue weighted by Gasteiger charge is -2.30. The fraction of sp³-hybridized carbons (Fsp3) is 0.333. The number of fused-ring (bicyclic) bond motifs is 1. The van der Waals surface area contributed by atoms with Gasteiger partial charge in [0.05, 0.1) is 11.9 Å². The number of aromatic amines is 1. The molecule has 1 saturated carbocycles. The van der Waals surface area contributed by atoms with Crippen LogP contribution in [0.1, 0.15) is 30.5 Å². The summed E-state index contributed by atoms with van der Waals surface area (Å²) in [5.41, 5.74) is 9.60. The molecule has 0 saturated heterocycles. The lowest BCUT2D eigenvalue weighted by atomic mass is 9.80. The molecule has 0 spiro atoms. The lowest BCUT2D eigenvalue weighted by Crippen LogP contribution is -2.35. The van der Waals surface area contributed by atoms with E-state index in [2.05, 4.69) is 15.0 Å². The minimum atomic E-state index is 0.335. The van der Waals surface area contributed by atoms with Crippen LogP contribution in [-0.2, 0) is 0 Å². The van der Waals surface area contributed by atoms with Crippen molar-refractivity contribution in [3.05, 3.63) is 36.1 Å². The Morgan fingerprint density at radius 1 is 1.35 bits per heavy atom. The van der Waals surface area contributed by atoms with Gasteiger partial charge in [0.1, 0.15) is 11.3 Å². The fourth-order valence-electron chi connectivity index (χ4n) is 2.78. The SMILES string of the molecule is Cc1nc2ccc(-c3cnc(C4CC(N)C4)[nH]3)cc2o1. The number of imidazole rings is 1. The first-order valence-electron chi connectivity index (χ1n) is 6.87. The van der Waals surface area contributed by atoms with Crippen molar-refractivity contribution in [1.82, 2.24) is 15.0 Å². The largest absolute Gasteiger partial charge is 0.441 e. The van der Waals surface area contributed by atoms with Crippen molar-refractivity contribution in [3.8, 4) is 11.3 Å². The predicted octanol–water partition coefficient (Wildman–Crippen LogP) is 2.73. The van der Waals surface area contributed by atoms with E-state index in [1.807, 2.05) is 31.3 Å². The number of hydrogen-bond donors (Lipinski definition) is 2. The molecule has 0 bridgehead atoms. The summed E-state index contributed by atoms with van der Waals surface area (Å²) in [6, 6.07) is 6.34. The van der Waals surface area contributed by atoms with E-state index in [0.717, 1.165) is 41.0 Å². The number of nitrogens with two attached hydrogens (primary N) is 1. The summed E-state index contributed by atoms with van der Waals surface area (Å²) in [7, 11) is 0. The van der Waals surface area contributed by atoms with Crippen LogP contribution in [0.4, 0.5) is 0 Å². The van der Waals surface area contributed by atoms with Gasteiger partial charge in [-0.15, -0.1) is 0 Å². The van der Waals surface area contributed by atoms with Gasteiger partial charge in [-0.1, -0.05) is 6.07 Å². The average molecular weight is 268 g/mol. The first-order chi connectivity index (χ1) is 9.69. The Morgan fingerprint density at radius 2 is 2.20 bits per heavy atom. The highest BCUT2D eigenvalue weighted by Gasteiger charge is 2.29. The second kappa shape index (κ2) is 4.18. The summed E-state index contributed by atoms with van der Waals surface area (Å²) in [5, 5.41) is 0. The van der Waals surface area contributed by atoms with Crippen molar-refractivity contribution in [2.75, 3.05) is 0 Å². The predicted molar refractivity (Wildman–Crippen MR) is 76.3 cm³/mol. The van der Waals surface area contributed by atoms with E-state index < -0.39 is 0 Å². The van der Waals surface area contributed by atoms with E-state index in [-0.39, 0.29) is 0 Å². The molecule has 1 aromatic carbocycles. The molecule has 1 aliphatic rings. The summed E-state index contributed by atoms with van der Waals surface area (Å²) >= 11 is 0. The van der Waals surface area contributed by atoms with Gasteiger partial charge in [-0.3, -0.25) is 0 Å². The Bertz CT molecular complexity index is 767. The quantitative estimate of drug-likeness (QED) is 0.748. The van der Waals surface area contributed by atoms with Crippen molar-refractivity contribution in [2.24, 2.45) is 5.73 Å². The number of hydrogen-bond acceptors (Lipinski definition) is 4. The number of aryl methyl sites for hydroxylation is 1. The van der Waals surface area contributed by atoms with Gasteiger partial charge < -0.3 is 15.1 Å². The van der Waals surface area contributed by atoms with Crippen LogP contribution in [0, 0.1) is 6.92 Å². The maximum Gasteiger partial charge on any atom is 0.192 e. The highest BCUT2D eigenvalue weighted by molar-refractivity contribution is 5.79. The summed E-state index contributed by atoms with van der Waals surface area (Å²) in [6.07, 6.45) is 3.92. The standard InChI is InChI=1S/C15H16N4O/c1-8-18-12-3-2-9(6-14(12)20-8)13-7-17-15(19-13)10-4-11(16)5-10/h2-3,6-7,10-11H,4-5,16H2,1H3,(H,17,19). The summed E-state index contributed by atoms with van der Waals surface area (Å²) < 4.78 is 5.57. The maximum atomic E-state index is 5.83. The number of H-pyrrole nitrogens is 1. The zero-order valence-electron chi connectivity index (χ0n) is 11.3. The van der Waals surface area contributed by atoms with Crippen LogP contribution in [0.15, 0.2) is 28.8 Å². The number of rotatable bonds is 2. The van der Waals surface area contributed by atoms with Crippen LogP contribution in [0.2, 0.25) is 0 Å². The van der Waals surface area contributed by atoms with Crippen LogP contribution in [-0.4, -0.2) is 21.0 Å². The van der Waals surface area contributed by atoms with Crippen LogP contribution in [0.3, 0.4) is 0 Å². The molecule has 2 aromatic heterocycles. The molecule has 0 atom stereocenters. The van der Waals surface area contributed by atoms with Gasteiger partial charge >= 0.3 is 0 Å². The molecule has 1 aliphatic carbocycles. The molecular weight excluding hydrogens is 252 g/mol. The number of aromatic nitrogens is 3. The van der Waals surface area contributed by atoms with E-state index in [9.17, 15) is 0 Å². The zero-order chi connectivity index (χ0) is 13.7. The third kappa shape index (κ3) is 1.82. The molecule has 3 N–H and O–H groups in total. The third-order valence-electron chi connectivity index (χ3n) is 3.96. The first-order valence-corrected chi connectivity index (χ1v) is 6.87. The lowest BCUT2D eigenvalue weighted by molar-refractivity contribution is 0.340. The molecule has 2 heterocycles. The van der Waals surface area contributed by atoms with Crippen molar-refractivity contribution >= 4 is 11.1 Å². The Kier molecular flexibility index (Phi) is 2.44. The average Bonchev–Trinajstić information content (AvgIpc) is 2.99. The van der Waals surface area contributed by atoms with Crippen LogP contribution in [0.25, 0.3) is 22.4 Å². The molecule has 102 valence electrons. The molecule has 1 fully saturated rings. The molecule has 20 heavy (non-hydrogen) atoms. The van der Waals surface area contributed by atoms with Gasteiger partial charge in [-0.05, 0) is 25.0 Å². The zero-order valence-corrected chi connectivity index (χ0v) is 11.3. The van der Waals surface area contributed by atoms with Crippen molar-refractivity contribution < 1.29 is 4.42 Å². The number of benzene rings is 1. The van der Waals surface area contributed by atoms with Gasteiger partial charge in [-0.25, -0.2) is 9.97 Å². The van der Waals surface area contributed by atoms with Gasteiger partial charge in [0, 0.05) is 24.4 Å². The molecule has 0 amide bonds. The minimum absolute atomic E-state index is 0.335. The maximum absolute atomic E-state index is 5.83. The Morgan fingerprint density at radius 3 is 3.00 bits per heavy atom. The van der Waals surface area contributed by atoms with Gasteiger partial charge in [0.15, 0.2) is 11.5 Å². The highest BCUT2D eigenvalue weighted by Crippen LogP contribution is 2.35. The van der Waals surface area contributed by atoms with Crippen LogP contribution >= 0.6 is 0 Å². The van der Waals surface area contributed by atoms with Crippen LogP contribution in [0.5, 0.6) is 0 Å². The molecule has 0 aliphatic heterocycles. The Balaban J connectivity index is 1.68. The van der Waals surface area contributed by atoms with E-state index in [0.29, 0.717) is 17.9 Å². The minimum Gasteiger partial charge on any atom is -0.441 e. The highest BCUT2D eigenvalue weighted by atomic mass is 16.3. The molecule has 5 heteroatoms. The Hall–Kier alpha value is -2.14. The van der Waals surface area contributed by atoms with E-state index in [1.165, 1.54) is 0 Å². The molecule has 0 radical (unpaired) electrons. The Labute approximate surface area is 116 Å². The van der Waals surface area contributed by atoms with Gasteiger partial charge in [0.25, 0.3) is 0 Å². The molecule has 3 aromatic rings. The summed E-state index contributed by atoms with van der Waals surface area (Å²) in [5.74, 6) is 2.21. The fourth-order valence-corrected chi connectivity index (χ4v) is 2.78. The second-order valence-corrected chi connectivity index (χ2v) is 5.53. The normalized spacial score (nSPS) is 22.1. The number of oxazole rings is 1. The summed E-state index contributed by atoms with van der Waals surface area (Å²) in [4.78, 5) is 12.2. The molecular formula is C15H16N4O. The molecule has 5 nitrogen and oxygen atoms in total. The smallest absolute Gasteiger partial charge is 0.192 e. The van der Waals surface area contributed by atoms with Gasteiger partial charge in [-0.2, -0.15) is 0 Å². The molecule has 0 unspecified atom stereocenters.